The van der Waals surface area contributed by atoms with E-state index in [-0.39, 0.29) is 0 Å². The van der Waals surface area contributed by atoms with Gasteiger partial charge in [-0.05, 0) is 44.4 Å². The normalized spacial score (nSPS) is 16.8. The molecule has 2 heteroatoms. The van der Waals surface area contributed by atoms with Gasteiger partial charge in [0.1, 0.15) is 0 Å². The molecule has 1 fully saturated rings. The molecular weight excluding hydrogens is 220 g/mol. The van der Waals surface area contributed by atoms with Crippen molar-refractivity contribution in [3.05, 3.63) is 29.3 Å². The van der Waals surface area contributed by atoms with Crippen LogP contribution < -0.4 is 10.6 Å². The fourth-order valence-corrected chi connectivity index (χ4v) is 3.08. The van der Waals surface area contributed by atoms with Crippen molar-refractivity contribution in [1.29, 1.82) is 0 Å². The molecule has 0 bridgehead atoms. The van der Waals surface area contributed by atoms with Crippen LogP contribution in [0.1, 0.15) is 43.2 Å². The predicted octanol–water partition coefficient (Wildman–Crippen LogP) is 3.27. The van der Waals surface area contributed by atoms with E-state index in [9.17, 15) is 0 Å². The zero-order chi connectivity index (χ0) is 13.0. The highest BCUT2D eigenvalue weighted by molar-refractivity contribution is 5.55. The van der Waals surface area contributed by atoms with Crippen LogP contribution >= 0.6 is 0 Å². The number of benzene rings is 1. The first-order valence-corrected chi connectivity index (χ1v) is 7.25. The van der Waals surface area contributed by atoms with E-state index < -0.39 is 0 Å². The largest absolute Gasteiger partial charge is 0.371 e. The second kappa shape index (κ2) is 6.24. The first kappa shape index (κ1) is 13.4. The predicted molar refractivity (Wildman–Crippen MR) is 79.2 cm³/mol. The molecule has 0 heterocycles. The molecule has 1 saturated carbocycles. The molecule has 0 saturated heterocycles. The van der Waals surface area contributed by atoms with Crippen LogP contribution in [0.3, 0.4) is 0 Å². The molecule has 1 aliphatic rings. The van der Waals surface area contributed by atoms with Gasteiger partial charge in [0.25, 0.3) is 0 Å². The summed E-state index contributed by atoms with van der Waals surface area (Å²) in [5.41, 5.74) is 9.87. The van der Waals surface area contributed by atoms with E-state index in [4.69, 9.17) is 5.73 Å². The highest BCUT2D eigenvalue weighted by Gasteiger charge is 2.19. The number of hydrogen-bond donors (Lipinski definition) is 1. The Hall–Kier alpha value is -1.02. The van der Waals surface area contributed by atoms with Gasteiger partial charge in [0.15, 0.2) is 0 Å². The molecule has 0 aliphatic heterocycles. The van der Waals surface area contributed by atoms with Crippen LogP contribution in [0.4, 0.5) is 5.69 Å². The summed E-state index contributed by atoms with van der Waals surface area (Å²) in [5.74, 6) is 0. The second-order valence-electron chi connectivity index (χ2n) is 5.57. The van der Waals surface area contributed by atoms with Crippen LogP contribution in [-0.2, 0) is 6.42 Å². The summed E-state index contributed by atoms with van der Waals surface area (Å²) in [6, 6.07) is 7.50. The van der Waals surface area contributed by atoms with E-state index in [1.54, 1.807) is 0 Å². The fraction of sp³-hybridized carbons (Fsp3) is 0.625. The monoisotopic (exact) mass is 246 g/mol. The van der Waals surface area contributed by atoms with Crippen LogP contribution in [0, 0.1) is 6.92 Å². The topological polar surface area (TPSA) is 29.3 Å². The van der Waals surface area contributed by atoms with Gasteiger partial charge in [-0.25, -0.2) is 0 Å². The van der Waals surface area contributed by atoms with E-state index in [0.717, 1.165) is 19.0 Å². The molecule has 2 N–H and O–H groups in total. The molecule has 0 radical (unpaired) electrons. The average molecular weight is 246 g/mol. The lowest BCUT2D eigenvalue weighted by Crippen LogP contribution is -2.34. The van der Waals surface area contributed by atoms with E-state index in [1.165, 1.54) is 48.9 Å². The van der Waals surface area contributed by atoms with E-state index in [0.29, 0.717) is 0 Å². The van der Waals surface area contributed by atoms with Gasteiger partial charge in [0.2, 0.25) is 0 Å². The molecule has 0 spiro atoms. The molecule has 0 atom stereocenters. The average Bonchev–Trinajstić information content (AvgIpc) is 2.40. The molecule has 1 aliphatic carbocycles. The van der Waals surface area contributed by atoms with Crippen LogP contribution in [0.2, 0.25) is 0 Å². The highest BCUT2D eigenvalue weighted by Crippen LogP contribution is 2.29. The summed E-state index contributed by atoms with van der Waals surface area (Å²) in [5, 5.41) is 0. The minimum absolute atomic E-state index is 0.720. The summed E-state index contributed by atoms with van der Waals surface area (Å²) in [4.78, 5) is 2.49. The molecule has 1 aromatic rings. The molecular formula is C16H26N2. The molecule has 2 nitrogen and oxygen atoms in total. The third-order valence-electron chi connectivity index (χ3n) is 4.15. The van der Waals surface area contributed by atoms with Crippen molar-refractivity contribution in [2.24, 2.45) is 5.73 Å². The van der Waals surface area contributed by atoms with Gasteiger partial charge in [-0.2, -0.15) is 0 Å². The van der Waals surface area contributed by atoms with Gasteiger partial charge in [-0.1, -0.05) is 37.0 Å². The van der Waals surface area contributed by atoms with E-state index in [2.05, 4.69) is 37.1 Å². The smallest absolute Gasteiger partial charge is 0.0399 e. The van der Waals surface area contributed by atoms with Crippen molar-refractivity contribution in [3.63, 3.8) is 0 Å². The molecule has 1 aromatic carbocycles. The SMILES string of the molecule is Cc1ccc(N(C)C2CCCCC2)c(CCN)c1. The zero-order valence-corrected chi connectivity index (χ0v) is 11.8. The van der Waals surface area contributed by atoms with E-state index >= 15 is 0 Å². The quantitative estimate of drug-likeness (QED) is 0.883. The number of rotatable bonds is 4. The molecule has 0 amide bonds. The summed E-state index contributed by atoms with van der Waals surface area (Å²) in [6.07, 6.45) is 7.83. The van der Waals surface area contributed by atoms with Crippen LogP contribution in [0.15, 0.2) is 18.2 Å². The van der Waals surface area contributed by atoms with Gasteiger partial charge >= 0.3 is 0 Å². The lowest BCUT2D eigenvalue weighted by molar-refractivity contribution is 0.427. The molecule has 100 valence electrons. The second-order valence-corrected chi connectivity index (χ2v) is 5.57. The Kier molecular flexibility index (Phi) is 4.65. The van der Waals surface area contributed by atoms with Crippen molar-refractivity contribution in [2.75, 3.05) is 18.5 Å². The Balaban J connectivity index is 2.19. The van der Waals surface area contributed by atoms with Crippen molar-refractivity contribution in [3.8, 4) is 0 Å². The lowest BCUT2D eigenvalue weighted by atomic mass is 9.93. The van der Waals surface area contributed by atoms with Gasteiger partial charge in [0, 0.05) is 18.8 Å². The number of aryl methyl sites for hydroxylation is 1. The maximum Gasteiger partial charge on any atom is 0.0399 e. The molecule has 2 rings (SSSR count). The number of anilines is 1. The summed E-state index contributed by atoms with van der Waals surface area (Å²) >= 11 is 0. The van der Waals surface area contributed by atoms with Crippen LogP contribution in [-0.4, -0.2) is 19.6 Å². The van der Waals surface area contributed by atoms with E-state index in [1.807, 2.05) is 0 Å². The van der Waals surface area contributed by atoms with Gasteiger partial charge in [-0.15, -0.1) is 0 Å². The van der Waals surface area contributed by atoms with Crippen molar-refractivity contribution < 1.29 is 0 Å². The van der Waals surface area contributed by atoms with Crippen LogP contribution in [0.25, 0.3) is 0 Å². The van der Waals surface area contributed by atoms with Crippen LogP contribution in [0.5, 0.6) is 0 Å². The summed E-state index contributed by atoms with van der Waals surface area (Å²) in [7, 11) is 2.25. The number of hydrogen-bond acceptors (Lipinski definition) is 2. The van der Waals surface area contributed by atoms with Crippen molar-refractivity contribution >= 4 is 5.69 Å². The Morgan fingerprint density at radius 3 is 2.61 bits per heavy atom. The van der Waals surface area contributed by atoms with Gasteiger partial charge in [-0.3, -0.25) is 0 Å². The minimum Gasteiger partial charge on any atom is -0.371 e. The Morgan fingerprint density at radius 2 is 1.94 bits per heavy atom. The number of nitrogens with zero attached hydrogens (tertiary/aromatic N) is 1. The fourth-order valence-electron chi connectivity index (χ4n) is 3.08. The van der Waals surface area contributed by atoms with Crippen molar-refractivity contribution in [2.45, 2.75) is 51.5 Å². The Bertz CT molecular complexity index is 381. The minimum atomic E-state index is 0.720. The first-order chi connectivity index (χ1) is 8.72. The highest BCUT2D eigenvalue weighted by atomic mass is 15.1. The van der Waals surface area contributed by atoms with Gasteiger partial charge in [0.05, 0.1) is 0 Å². The zero-order valence-electron chi connectivity index (χ0n) is 11.8. The van der Waals surface area contributed by atoms with Crippen molar-refractivity contribution in [1.82, 2.24) is 0 Å². The standard InChI is InChI=1S/C16H26N2/c1-13-8-9-16(14(12-13)10-11-17)18(2)15-6-4-3-5-7-15/h8-9,12,15H,3-7,10-11,17H2,1-2H3. The summed E-state index contributed by atoms with van der Waals surface area (Å²) in [6.45, 7) is 2.89. The number of nitrogens with two attached hydrogens (primary N) is 1. The third-order valence-corrected chi connectivity index (χ3v) is 4.15. The third kappa shape index (κ3) is 3.05. The molecule has 0 unspecified atom stereocenters. The Morgan fingerprint density at radius 1 is 1.22 bits per heavy atom. The maximum absolute atomic E-state index is 5.74. The van der Waals surface area contributed by atoms with Gasteiger partial charge < -0.3 is 10.6 Å². The molecule has 0 aromatic heterocycles. The molecule has 18 heavy (non-hydrogen) atoms. The maximum atomic E-state index is 5.74. The summed E-state index contributed by atoms with van der Waals surface area (Å²) < 4.78 is 0. The lowest BCUT2D eigenvalue weighted by Gasteiger charge is -2.34. The first-order valence-electron chi connectivity index (χ1n) is 7.25. The Labute approximate surface area is 111 Å².